The summed E-state index contributed by atoms with van der Waals surface area (Å²) in [6.45, 7) is -0.0495. The van der Waals surface area contributed by atoms with Gasteiger partial charge in [-0.25, -0.2) is 13.1 Å². The summed E-state index contributed by atoms with van der Waals surface area (Å²) < 4.78 is 30.3. The third-order valence-electron chi connectivity index (χ3n) is 2.15. The maximum Gasteiger partial charge on any atom is 0.306 e. The highest BCUT2D eigenvalue weighted by molar-refractivity contribution is 7.89. The topological polar surface area (TPSA) is 111 Å². The van der Waals surface area contributed by atoms with Crippen LogP contribution in [0.1, 0.15) is 12.1 Å². The molecule has 7 nitrogen and oxygen atoms in total. The molecule has 0 aromatic carbocycles. The molecule has 0 amide bonds. The molecule has 1 rings (SSSR count). The summed E-state index contributed by atoms with van der Waals surface area (Å²) in [5.41, 5.74) is 5.69. The summed E-state index contributed by atoms with van der Waals surface area (Å²) in [4.78, 5) is 14.7. The molecule has 19 heavy (non-hydrogen) atoms. The minimum atomic E-state index is -3.71. The molecule has 0 bridgehead atoms. The van der Waals surface area contributed by atoms with E-state index in [2.05, 4.69) is 14.4 Å². The third kappa shape index (κ3) is 4.54. The highest BCUT2D eigenvalue weighted by atomic mass is 32.2. The number of thiocarbonyl (C=S) groups is 1. The third-order valence-corrected chi connectivity index (χ3v) is 3.80. The number of pyridine rings is 1. The molecule has 1 heterocycles. The van der Waals surface area contributed by atoms with Gasteiger partial charge in [-0.3, -0.25) is 9.78 Å². The van der Waals surface area contributed by atoms with Crippen LogP contribution in [0.5, 0.6) is 0 Å². The average molecular weight is 303 g/mol. The molecule has 1 aromatic rings. The Labute approximate surface area is 116 Å². The molecular weight excluding hydrogens is 290 g/mol. The van der Waals surface area contributed by atoms with Gasteiger partial charge < -0.3 is 10.5 Å². The number of nitrogens with one attached hydrogen (secondary N) is 1. The Kier molecular flexibility index (Phi) is 5.33. The normalized spacial score (nSPS) is 11.0. The van der Waals surface area contributed by atoms with Gasteiger partial charge in [-0.2, -0.15) is 0 Å². The van der Waals surface area contributed by atoms with Gasteiger partial charge in [0.2, 0.25) is 10.0 Å². The van der Waals surface area contributed by atoms with Crippen LogP contribution in [0.15, 0.2) is 23.2 Å². The van der Waals surface area contributed by atoms with Crippen LogP contribution in [-0.2, 0) is 19.6 Å². The van der Waals surface area contributed by atoms with Crippen LogP contribution in [-0.4, -0.2) is 38.0 Å². The molecule has 3 N–H and O–H groups in total. The van der Waals surface area contributed by atoms with Crippen molar-refractivity contribution in [1.82, 2.24) is 9.71 Å². The van der Waals surface area contributed by atoms with Gasteiger partial charge >= 0.3 is 5.97 Å². The van der Waals surface area contributed by atoms with Crippen molar-refractivity contribution in [3.05, 3.63) is 24.0 Å². The highest BCUT2D eigenvalue weighted by Gasteiger charge is 2.15. The van der Waals surface area contributed by atoms with Gasteiger partial charge in [0, 0.05) is 12.7 Å². The lowest BCUT2D eigenvalue weighted by atomic mass is 10.3. The van der Waals surface area contributed by atoms with E-state index in [9.17, 15) is 13.2 Å². The van der Waals surface area contributed by atoms with E-state index in [0.717, 1.165) is 6.20 Å². The maximum atomic E-state index is 11.8. The summed E-state index contributed by atoms with van der Waals surface area (Å²) in [5, 5.41) is 0. The quantitative estimate of drug-likeness (QED) is 0.541. The summed E-state index contributed by atoms with van der Waals surface area (Å²) in [5.74, 6) is -0.496. The second kappa shape index (κ2) is 6.55. The minimum absolute atomic E-state index is 0.0302. The van der Waals surface area contributed by atoms with Crippen molar-refractivity contribution in [2.24, 2.45) is 5.73 Å². The second-order valence-corrected chi connectivity index (χ2v) is 5.67. The number of esters is 1. The van der Waals surface area contributed by atoms with E-state index in [-0.39, 0.29) is 22.8 Å². The zero-order chi connectivity index (χ0) is 14.5. The zero-order valence-corrected chi connectivity index (χ0v) is 11.8. The predicted octanol–water partition coefficient (Wildman–Crippen LogP) is -0.443. The van der Waals surface area contributed by atoms with Crippen molar-refractivity contribution in [1.29, 1.82) is 0 Å². The number of rotatable bonds is 6. The van der Waals surface area contributed by atoms with Crippen LogP contribution < -0.4 is 10.5 Å². The van der Waals surface area contributed by atoms with Crippen LogP contribution in [0.3, 0.4) is 0 Å². The number of methoxy groups -OCH3 is 1. The number of hydrogen-bond acceptors (Lipinski definition) is 6. The van der Waals surface area contributed by atoms with Crippen LogP contribution in [0, 0.1) is 0 Å². The molecule has 1 aromatic heterocycles. The first-order valence-electron chi connectivity index (χ1n) is 5.19. The van der Waals surface area contributed by atoms with Crippen molar-refractivity contribution < 1.29 is 17.9 Å². The Morgan fingerprint density at radius 1 is 1.53 bits per heavy atom. The fourth-order valence-corrected chi connectivity index (χ4v) is 2.25. The van der Waals surface area contributed by atoms with E-state index >= 15 is 0 Å². The Balaban J connectivity index is 2.72. The van der Waals surface area contributed by atoms with E-state index in [1.54, 1.807) is 0 Å². The molecule has 9 heteroatoms. The SMILES string of the molecule is COC(=O)CCNS(=O)(=O)c1ccc(C(N)=S)nc1. The Morgan fingerprint density at radius 3 is 2.68 bits per heavy atom. The van der Waals surface area contributed by atoms with Crippen molar-refractivity contribution in [2.45, 2.75) is 11.3 Å². The van der Waals surface area contributed by atoms with E-state index in [4.69, 9.17) is 18.0 Å². The summed E-state index contributed by atoms with van der Waals surface area (Å²) in [7, 11) is -2.48. The van der Waals surface area contributed by atoms with Crippen LogP contribution in [0.4, 0.5) is 0 Å². The number of carbonyl (C=O) groups is 1. The molecule has 0 aliphatic rings. The monoisotopic (exact) mass is 303 g/mol. The molecule has 0 saturated carbocycles. The van der Waals surface area contributed by atoms with Crippen molar-refractivity contribution >= 4 is 33.2 Å². The molecule has 0 atom stereocenters. The molecule has 104 valence electrons. The summed E-state index contributed by atoms with van der Waals surface area (Å²) in [6, 6.07) is 2.75. The standard InChI is InChI=1S/C10H13N3O4S2/c1-17-9(14)4-5-13-19(15,16)7-2-3-8(10(11)18)12-6-7/h2-3,6,13H,4-5H2,1H3,(H2,11,18). The Morgan fingerprint density at radius 2 is 2.21 bits per heavy atom. The summed E-state index contributed by atoms with van der Waals surface area (Å²) in [6.07, 6.45) is 1.10. The first kappa shape index (κ1) is 15.5. The average Bonchev–Trinajstić information content (AvgIpc) is 2.38. The fourth-order valence-electron chi connectivity index (χ4n) is 1.16. The number of hydrogen-bond donors (Lipinski definition) is 2. The number of aromatic nitrogens is 1. The Hall–Kier alpha value is -1.58. The van der Waals surface area contributed by atoms with Crippen LogP contribution >= 0.6 is 12.2 Å². The molecular formula is C10H13N3O4S2. The molecule has 0 radical (unpaired) electrons. The van der Waals surface area contributed by atoms with Gasteiger partial charge in [0.05, 0.1) is 19.2 Å². The summed E-state index contributed by atoms with van der Waals surface area (Å²) >= 11 is 4.71. The first-order chi connectivity index (χ1) is 8.86. The first-order valence-corrected chi connectivity index (χ1v) is 7.08. The smallest absolute Gasteiger partial charge is 0.306 e. The molecule has 0 saturated heterocycles. The van der Waals surface area contributed by atoms with Crippen molar-refractivity contribution in [3.63, 3.8) is 0 Å². The highest BCUT2D eigenvalue weighted by Crippen LogP contribution is 2.07. The molecule has 0 spiro atoms. The van der Waals surface area contributed by atoms with Crippen molar-refractivity contribution in [3.8, 4) is 0 Å². The van der Waals surface area contributed by atoms with Gasteiger partial charge in [-0.1, -0.05) is 12.2 Å². The number of sulfonamides is 1. The van der Waals surface area contributed by atoms with Crippen LogP contribution in [0.2, 0.25) is 0 Å². The number of carbonyl (C=O) groups excluding carboxylic acids is 1. The van der Waals surface area contributed by atoms with E-state index < -0.39 is 16.0 Å². The zero-order valence-electron chi connectivity index (χ0n) is 10.1. The lowest BCUT2D eigenvalue weighted by molar-refractivity contribution is -0.140. The maximum absolute atomic E-state index is 11.8. The van der Waals surface area contributed by atoms with Crippen LogP contribution in [0.25, 0.3) is 0 Å². The fraction of sp³-hybridized carbons (Fsp3) is 0.300. The van der Waals surface area contributed by atoms with E-state index in [0.29, 0.717) is 5.69 Å². The number of ether oxygens (including phenoxy) is 1. The van der Waals surface area contributed by atoms with Crippen molar-refractivity contribution in [2.75, 3.05) is 13.7 Å². The minimum Gasteiger partial charge on any atom is -0.469 e. The molecule has 0 unspecified atom stereocenters. The second-order valence-electron chi connectivity index (χ2n) is 3.47. The van der Waals surface area contributed by atoms with Gasteiger partial charge in [0.1, 0.15) is 9.88 Å². The number of nitrogens with zero attached hydrogens (tertiary/aromatic N) is 1. The lowest BCUT2D eigenvalue weighted by Crippen LogP contribution is -2.27. The molecule has 0 aliphatic heterocycles. The molecule has 0 aliphatic carbocycles. The predicted molar refractivity (Wildman–Crippen MR) is 71.9 cm³/mol. The van der Waals surface area contributed by atoms with Gasteiger partial charge in [0.25, 0.3) is 0 Å². The molecule has 0 fully saturated rings. The lowest BCUT2D eigenvalue weighted by Gasteiger charge is -2.06. The Bertz CT molecular complexity index is 569. The number of nitrogens with two attached hydrogens (primary N) is 1. The van der Waals surface area contributed by atoms with Gasteiger partial charge in [-0.05, 0) is 12.1 Å². The largest absolute Gasteiger partial charge is 0.469 e. The van der Waals surface area contributed by atoms with E-state index in [1.807, 2.05) is 0 Å². The van der Waals surface area contributed by atoms with E-state index in [1.165, 1.54) is 19.2 Å². The van der Waals surface area contributed by atoms with Gasteiger partial charge in [0.15, 0.2) is 0 Å². The van der Waals surface area contributed by atoms with Gasteiger partial charge in [-0.15, -0.1) is 0 Å².